The van der Waals surface area contributed by atoms with Gasteiger partial charge in [0, 0.05) is 23.9 Å². The number of nitrogens with zero attached hydrogens (tertiary/aromatic N) is 1. The van der Waals surface area contributed by atoms with Gasteiger partial charge >= 0.3 is 0 Å². The minimum Gasteiger partial charge on any atom is -0.336 e. The van der Waals surface area contributed by atoms with Gasteiger partial charge in [0.05, 0.1) is 0 Å². The van der Waals surface area contributed by atoms with E-state index in [1.165, 1.54) is 6.42 Å². The fourth-order valence-corrected chi connectivity index (χ4v) is 2.13. The van der Waals surface area contributed by atoms with Gasteiger partial charge in [-0.05, 0) is 19.8 Å². The van der Waals surface area contributed by atoms with Crippen LogP contribution in [0.5, 0.6) is 0 Å². The highest BCUT2D eigenvalue weighted by molar-refractivity contribution is 5.81. The predicted molar refractivity (Wildman–Crippen MR) is 47.7 cm³/mol. The number of carbonyl (C=O) groups is 1. The first-order valence-corrected chi connectivity index (χ1v) is 4.91. The minimum atomic E-state index is 0.225. The van der Waals surface area contributed by atoms with Crippen LogP contribution >= 0.6 is 0 Å². The van der Waals surface area contributed by atoms with Crippen molar-refractivity contribution in [3.05, 3.63) is 0 Å². The first-order valence-electron chi connectivity index (χ1n) is 4.91. The second-order valence-electron chi connectivity index (χ2n) is 4.52. The summed E-state index contributed by atoms with van der Waals surface area (Å²) < 4.78 is 0. The quantitative estimate of drug-likeness (QED) is 0.612. The number of hydrogen-bond donors (Lipinski definition) is 0. The van der Waals surface area contributed by atoms with Crippen molar-refractivity contribution < 1.29 is 4.79 Å². The van der Waals surface area contributed by atoms with Crippen molar-refractivity contribution in [2.75, 3.05) is 6.54 Å². The summed E-state index contributed by atoms with van der Waals surface area (Å²) in [6.45, 7) is 7.34. The standard InChI is InChI=1S/C10H17NO/c1-4-7(2)9(12)11-6-8-5-10(8,11)3/h7-8H,4-6H2,1-3H3. The smallest absolute Gasteiger partial charge is 0.225 e. The maximum absolute atomic E-state index is 11.7. The van der Waals surface area contributed by atoms with E-state index in [0.29, 0.717) is 11.4 Å². The Kier molecular flexibility index (Phi) is 1.51. The highest BCUT2D eigenvalue weighted by Gasteiger charge is 2.65. The third-order valence-electron chi connectivity index (χ3n) is 3.70. The molecule has 0 aromatic carbocycles. The summed E-state index contributed by atoms with van der Waals surface area (Å²) in [7, 11) is 0. The Labute approximate surface area is 73.9 Å². The van der Waals surface area contributed by atoms with Gasteiger partial charge in [-0.2, -0.15) is 0 Å². The highest BCUT2D eigenvalue weighted by atomic mass is 16.2. The third kappa shape index (κ3) is 0.838. The molecule has 2 aliphatic rings. The Hall–Kier alpha value is -0.530. The summed E-state index contributed by atoms with van der Waals surface area (Å²) in [5, 5.41) is 0. The van der Waals surface area contributed by atoms with Crippen LogP contribution in [-0.2, 0) is 4.79 Å². The molecule has 2 nitrogen and oxygen atoms in total. The maximum atomic E-state index is 11.7. The van der Waals surface area contributed by atoms with Crippen LogP contribution in [0.2, 0.25) is 0 Å². The van der Waals surface area contributed by atoms with Crippen molar-refractivity contribution in [1.29, 1.82) is 0 Å². The van der Waals surface area contributed by atoms with Gasteiger partial charge in [-0.1, -0.05) is 13.8 Å². The van der Waals surface area contributed by atoms with Gasteiger partial charge < -0.3 is 4.90 Å². The van der Waals surface area contributed by atoms with Gasteiger partial charge in [-0.25, -0.2) is 0 Å². The molecule has 0 N–H and O–H groups in total. The van der Waals surface area contributed by atoms with Crippen molar-refractivity contribution in [3.8, 4) is 0 Å². The fraction of sp³-hybridized carbons (Fsp3) is 0.900. The SMILES string of the molecule is CCC(C)C(=O)N1CC2CC21C. The van der Waals surface area contributed by atoms with Crippen LogP contribution in [-0.4, -0.2) is 22.9 Å². The van der Waals surface area contributed by atoms with E-state index in [4.69, 9.17) is 0 Å². The van der Waals surface area contributed by atoms with Gasteiger partial charge in [0.2, 0.25) is 5.91 Å². The highest BCUT2D eigenvalue weighted by Crippen LogP contribution is 2.57. The van der Waals surface area contributed by atoms with Crippen LogP contribution in [0.25, 0.3) is 0 Å². The number of hydrogen-bond acceptors (Lipinski definition) is 1. The molecule has 12 heavy (non-hydrogen) atoms. The van der Waals surface area contributed by atoms with E-state index in [1.54, 1.807) is 0 Å². The summed E-state index contributed by atoms with van der Waals surface area (Å²) in [6.07, 6.45) is 2.21. The first kappa shape index (κ1) is 8.09. The third-order valence-corrected chi connectivity index (χ3v) is 3.70. The molecule has 68 valence electrons. The van der Waals surface area contributed by atoms with Crippen LogP contribution < -0.4 is 0 Å². The summed E-state index contributed by atoms with van der Waals surface area (Å²) in [5.74, 6) is 1.43. The average Bonchev–Trinajstić information content (AvgIpc) is 2.56. The van der Waals surface area contributed by atoms with Gasteiger partial charge in [0.1, 0.15) is 0 Å². The number of amides is 1. The van der Waals surface area contributed by atoms with E-state index in [9.17, 15) is 4.79 Å². The largest absolute Gasteiger partial charge is 0.336 e. The molecule has 3 atom stereocenters. The predicted octanol–water partition coefficient (Wildman–Crippen LogP) is 1.65. The molecule has 2 heteroatoms. The van der Waals surface area contributed by atoms with E-state index in [2.05, 4.69) is 18.7 Å². The van der Waals surface area contributed by atoms with Gasteiger partial charge in [0.25, 0.3) is 0 Å². The Balaban J connectivity index is 1.98. The molecule has 0 aromatic heterocycles. The Bertz CT molecular complexity index is 226. The second kappa shape index (κ2) is 2.24. The van der Waals surface area contributed by atoms with Crippen LogP contribution in [0.4, 0.5) is 0 Å². The van der Waals surface area contributed by atoms with Crippen LogP contribution in [0.15, 0.2) is 0 Å². The molecule has 1 saturated carbocycles. The molecule has 1 saturated heterocycles. The second-order valence-corrected chi connectivity index (χ2v) is 4.52. The Morgan fingerprint density at radius 1 is 1.75 bits per heavy atom. The lowest BCUT2D eigenvalue weighted by Gasteiger charge is -2.40. The lowest BCUT2D eigenvalue weighted by atomic mass is 10.00. The number of carbonyl (C=O) groups excluding carboxylic acids is 1. The molecule has 0 spiro atoms. The van der Waals surface area contributed by atoms with Crippen molar-refractivity contribution in [2.45, 2.75) is 39.2 Å². The lowest BCUT2D eigenvalue weighted by molar-refractivity contribution is -0.143. The number of likely N-dealkylation sites (tertiary alicyclic amines) is 1. The fourth-order valence-electron chi connectivity index (χ4n) is 2.13. The maximum Gasteiger partial charge on any atom is 0.225 e. The summed E-state index contributed by atoms with van der Waals surface area (Å²) >= 11 is 0. The molecule has 0 bridgehead atoms. The lowest BCUT2D eigenvalue weighted by Crippen LogP contribution is -2.53. The van der Waals surface area contributed by atoms with E-state index in [0.717, 1.165) is 18.9 Å². The van der Waals surface area contributed by atoms with Gasteiger partial charge in [0.15, 0.2) is 0 Å². The molecule has 1 heterocycles. The number of rotatable bonds is 2. The normalized spacial score (nSPS) is 39.9. The zero-order valence-corrected chi connectivity index (χ0v) is 8.13. The molecule has 1 amide bonds. The van der Waals surface area contributed by atoms with Crippen molar-refractivity contribution in [1.82, 2.24) is 4.90 Å². The summed E-state index contributed by atoms with van der Waals surface area (Å²) in [6, 6.07) is 0. The number of fused-ring (bicyclic) bond motifs is 1. The summed E-state index contributed by atoms with van der Waals surface area (Å²) in [5.41, 5.74) is 0.292. The van der Waals surface area contributed by atoms with Crippen LogP contribution in [0.1, 0.15) is 33.6 Å². The minimum absolute atomic E-state index is 0.225. The van der Waals surface area contributed by atoms with E-state index < -0.39 is 0 Å². The van der Waals surface area contributed by atoms with Crippen LogP contribution in [0, 0.1) is 11.8 Å². The van der Waals surface area contributed by atoms with E-state index in [1.807, 2.05) is 6.92 Å². The van der Waals surface area contributed by atoms with E-state index in [-0.39, 0.29) is 5.92 Å². The van der Waals surface area contributed by atoms with E-state index >= 15 is 0 Å². The molecular formula is C10H17NO. The zero-order chi connectivity index (χ0) is 8.93. The van der Waals surface area contributed by atoms with Gasteiger partial charge in [-0.15, -0.1) is 0 Å². The molecule has 2 fully saturated rings. The molecule has 1 aliphatic carbocycles. The Morgan fingerprint density at radius 2 is 2.42 bits per heavy atom. The van der Waals surface area contributed by atoms with Crippen LogP contribution in [0.3, 0.4) is 0 Å². The first-order chi connectivity index (χ1) is 5.59. The van der Waals surface area contributed by atoms with Crippen molar-refractivity contribution >= 4 is 5.91 Å². The molecule has 0 aromatic rings. The van der Waals surface area contributed by atoms with Gasteiger partial charge in [-0.3, -0.25) is 4.79 Å². The van der Waals surface area contributed by atoms with Crippen molar-refractivity contribution in [3.63, 3.8) is 0 Å². The summed E-state index contributed by atoms with van der Waals surface area (Å²) in [4.78, 5) is 13.8. The molecule has 3 unspecified atom stereocenters. The zero-order valence-electron chi connectivity index (χ0n) is 8.13. The average molecular weight is 167 g/mol. The molecule has 1 aliphatic heterocycles. The molecular weight excluding hydrogens is 150 g/mol. The topological polar surface area (TPSA) is 20.3 Å². The monoisotopic (exact) mass is 167 g/mol. The molecule has 0 radical (unpaired) electrons. The molecule has 2 rings (SSSR count). The Morgan fingerprint density at radius 3 is 2.75 bits per heavy atom. The van der Waals surface area contributed by atoms with Crippen molar-refractivity contribution in [2.24, 2.45) is 11.8 Å².